The van der Waals surface area contributed by atoms with Gasteiger partial charge in [-0.15, -0.1) is 0 Å². The summed E-state index contributed by atoms with van der Waals surface area (Å²) in [4.78, 5) is 16.9. The molecule has 1 aromatic heterocycles. The number of ether oxygens (including phenoxy) is 1. The van der Waals surface area contributed by atoms with Gasteiger partial charge in [0.15, 0.2) is 11.5 Å². The van der Waals surface area contributed by atoms with Crippen molar-refractivity contribution in [2.75, 3.05) is 7.11 Å². The van der Waals surface area contributed by atoms with Gasteiger partial charge in [0.1, 0.15) is 5.78 Å². The van der Waals surface area contributed by atoms with Crippen LogP contribution >= 0.6 is 0 Å². The van der Waals surface area contributed by atoms with Crippen molar-refractivity contribution in [3.63, 3.8) is 0 Å². The molecule has 4 rings (SSSR count). The van der Waals surface area contributed by atoms with Gasteiger partial charge < -0.3 is 9.84 Å². The van der Waals surface area contributed by atoms with Crippen molar-refractivity contribution in [1.82, 2.24) is 20.2 Å². The Balaban J connectivity index is 1.86. The van der Waals surface area contributed by atoms with Gasteiger partial charge in [-0.1, -0.05) is 11.2 Å². The predicted octanol–water partition coefficient (Wildman–Crippen LogP) is 1.43. The van der Waals surface area contributed by atoms with Gasteiger partial charge in [-0.2, -0.15) is 0 Å². The van der Waals surface area contributed by atoms with Crippen LogP contribution in [0.25, 0.3) is 0 Å². The number of phenolic OH excluding ortho intramolecular Hbond substituents is 1. The number of aliphatic imine (C=N–C) groups is 1. The number of aromatic hydroxyl groups is 1. The number of fused-ring (bicyclic) bond motifs is 2. The van der Waals surface area contributed by atoms with Crippen molar-refractivity contribution in [2.45, 2.75) is 25.3 Å². The number of aromatic nitrogens is 4. The number of hydrogen-bond donors (Lipinski definition) is 1. The molecule has 2 aliphatic rings. The average Bonchev–Trinajstić information content (AvgIpc) is 3.01. The number of rotatable bonds is 2. The van der Waals surface area contributed by atoms with Crippen molar-refractivity contribution in [1.29, 1.82) is 0 Å². The third-order valence-corrected chi connectivity index (χ3v) is 4.40. The van der Waals surface area contributed by atoms with Crippen molar-refractivity contribution >= 4 is 17.4 Å². The Kier molecular flexibility index (Phi) is 3.10. The molecule has 0 spiro atoms. The second-order valence-corrected chi connectivity index (χ2v) is 5.70. The first-order valence-electron chi connectivity index (χ1n) is 7.44. The number of carbonyl (C=O) groups excluding carboxylic acids is 1. The molecule has 23 heavy (non-hydrogen) atoms. The molecule has 2 atom stereocenters. The monoisotopic (exact) mass is 313 g/mol. The van der Waals surface area contributed by atoms with Gasteiger partial charge in [0.05, 0.1) is 19.1 Å². The Labute approximate surface area is 131 Å². The molecule has 8 nitrogen and oxygen atoms in total. The summed E-state index contributed by atoms with van der Waals surface area (Å²) in [5.41, 5.74) is 1.58. The third kappa shape index (κ3) is 2.09. The van der Waals surface area contributed by atoms with Crippen LogP contribution in [0.3, 0.4) is 0 Å². The predicted molar refractivity (Wildman–Crippen MR) is 80.1 cm³/mol. The minimum Gasteiger partial charge on any atom is -0.504 e. The van der Waals surface area contributed by atoms with E-state index in [-0.39, 0.29) is 17.5 Å². The van der Waals surface area contributed by atoms with Crippen molar-refractivity contribution in [2.24, 2.45) is 10.9 Å². The smallest absolute Gasteiger partial charge is 0.269 e. The number of tetrazole rings is 1. The molecule has 0 saturated heterocycles. The number of ketones is 1. The van der Waals surface area contributed by atoms with Crippen LogP contribution in [0.1, 0.15) is 30.9 Å². The van der Waals surface area contributed by atoms with E-state index >= 15 is 0 Å². The Morgan fingerprint density at radius 3 is 3.00 bits per heavy atom. The van der Waals surface area contributed by atoms with E-state index in [9.17, 15) is 9.90 Å². The first kappa shape index (κ1) is 13.9. The molecule has 1 N–H and O–H groups in total. The number of carbonyl (C=O) groups is 1. The topological polar surface area (TPSA) is 102 Å². The van der Waals surface area contributed by atoms with E-state index in [0.29, 0.717) is 18.1 Å². The van der Waals surface area contributed by atoms with Crippen LogP contribution in [0, 0.1) is 5.92 Å². The molecule has 0 radical (unpaired) electrons. The van der Waals surface area contributed by atoms with E-state index in [1.807, 2.05) is 6.07 Å². The zero-order chi connectivity index (χ0) is 16.0. The van der Waals surface area contributed by atoms with Gasteiger partial charge >= 0.3 is 0 Å². The summed E-state index contributed by atoms with van der Waals surface area (Å²) in [6.07, 6.45) is 2.10. The molecule has 118 valence electrons. The maximum absolute atomic E-state index is 12.5. The van der Waals surface area contributed by atoms with Crippen LogP contribution in [0.2, 0.25) is 0 Å². The highest BCUT2D eigenvalue weighted by atomic mass is 16.5. The molecule has 1 saturated carbocycles. The van der Waals surface area contributed by atoms with Crippen LogP contribution in [0.5, 0.6) is 11.5 Å². The highest BCUT2D eigenvalue weighted by Gasteiger charge is 2.42. The van der Waals surface area contributed by atoms with Crippen molar-refractivity contribution < 1.29 is 14.6 Å². The summed E-state index contributed by atoms with van der Waals surface area (Å²) < 4.78 is 6.64. The first-order valence-corrected chi connectivity index (χ1v) is 7.44. The van der Waals surface area contributed by atoms with Gasteiger partial charge in [0, 0.05) is 12.1 Å². The quantitative estimate of drug-likeness (QED) is 0.899. The van der Waals surface area contributed by atoms with Crippen LogP contribution in [0.15, 0.2) is 23.2 Å². The minimum absolute atomic E-state index is 0.0203. The van der Waals surface area contributed by atoms with Crippen LogP contribution in [-0.2, 0) is 4.79 Å². The Morgan fingerprint density at radius 2 is 2.22 bits per heavy atom. The molecule has 1 aliphatic heterocycles. The fraction of sp³-hybridized carbons (Fsp3) is 0.400. The summed E-state index contributed by atoms with van der Waals surface area (Å²) in [5, 5.41) is 21.7. The minimum atomic E-state index is -0.392. The maximum atomic E-state index is 12.5. The second kappa shape index (κ2) is 5.15. The highest BCUT2D eigenvalue weighted by molar-refractivity contribution is 6.09. The van der Waals surface area contributed by atoms with Crippen LogP contribution in [0.4, 0.5) is 5.95 Å². The fourth-order valence-electron chi connectivity index (χ4n) is 3.36. The molecule has 2 aromatic rings. The molecule has 8 heteroatoms. The third-order valence-electron chi connectivity index (χ3n) is 4.40. The molecular weight excluding hydrogens is 298 g/mol. The maximum Gasteiger partial charge on any atom is 0.269 e. The average molecular weight is 313 g/mol. The van der Waals surface area contributed by atoms with E-state index in [0.717, 1.165) is 24.1 Å². The highest BCUT2D eigenvalue weighted by Crippen LogP contribution is 2.41. The number of phenols is 1. The second-order valence-electron chi connectivity index (χ2n) is 5.70. The lowest BCUT2D eigenvalue weighted by Gasteiger charge is -2.33. The molecule has 2 unspecified atom stereocenters. The molecule has 2 heterocycles. The van der Waals surface area contributed by atoms with Crippen molar-refractivity contribution in [3.8, 4) is 11.5 Å². The molecule has 0 bridgehead atoms. The normalized spacial score (nSPS) is 23.0. The van der Waals surface area contributed by atoms with Crippen LogP contribution < -0.4 is 4.74 Å². The van der Waals surface area contributed by atoms with E-state index in [2.05, 4.69) is 20.5 Å². The molecule has 1 aromatic carbocycles. The SMILES string of the molecule is COc1ccc(C2C3C(=O)CCCC3=Nc3nnnn32)cc1O. The lowest BCUT2D eigenvalue weighted by atomic mass is 9.78. The zero-order valence-electron chi connectivity index (χ0n) is 12.5. The standard InChI is InChI=1S/C15H15N5O3/c1-23-12-6-5-8(7-11(12)22)14-13-9(3-2-4-10(13)21)16-15-17-18-19-20(14)15/h5-7,13-14,22H,2-4H2,1H3. The number of nitrogens with zero attached hydrogens (tertiary/aromatic N) is 5. The van der Waals surface area contributed by atoms with E-state index in [1.165, 1.54) is 7.11 Å². The van der Waals surface area contributed by atoms with E-state index in [4.69, 9.17) is 4.74 Å². The van der Waals surface area contributed by atoms with Crippen molar-refractivity contribution in [3.05, 3.63) is 23.8 Å². The number of hydrogen-bond acceptors (Lipinski definition) is 7. The van der Waals surface area contributed by atoms with E-state index in [1.54, 1.807) is 16.8 Å². The summed E-state index contributed by atoms with van der Waals surface area (Å²) >= 11 is 0. The van der Waals surface area contributed by atoms with Gasteiger partial charge in [-0.25, -0.2) is 9.67 Å². The summed E-state index contributed by atoms with van der Waals surface area (Å²) in [7, 11) is 1.49. The number of benzene rings is 1. The van der Waals surface area contributed by atoms with Gasteiger partial charge in [0.2, 0.25) is 0 Å². The van der Waals surface area contributed by atoms with E-state index < -0.39 is 6.04 Å². The number of Topliss-reactive ketones (excluding diaryl/α,β-unsaturated/α-hetero) is 1. The first-order chi connectivity index (χ1) is 11.2. The largest absolute Gasteiger partial charge is 0.504 e. The van der Waals surface area contributed by atoms with Gasteiger partial charge in [0.25, 0.3) is 5.95 Å². The van der Waals surface area contributed by atoms with Gasteiger partial charge in [-0.05, 0) is 41.0 Å². The Bertz CT molecular complexity index is 813. The summed E-state index contributed by atoms with van der Waals surface area (Å²) in [6, 6.07) is 4.70. The lowest BCUT2D eigenvalue weighted by Crippen LogP contribution is -2.39. The summed E-state index contributed by atoms with van der Waals surface area (Å²) in [5.74, 6) is 0.549. The molecule has 0 amide bonds. The molecule has 1 aliphatic carbocycles. The molecule has 1 fully saturated rings. The Hall–Kier alpha value is -2.77. The number of methoxy groups -OCH3 is 1. The summed E-state index contributed by atoms with van der Waals surface area (Å²) in [6.45, 7) is 0. The Morgan fingerprint density at radius 1 is 1.35 bits per heavy atom. The molecular formula is C15H15N5O3. The zero-order valence-corrected chi connectivity index (χ0v) is 12.5. The fourth-order valence-corrected chi connectivity index (χ4v) is 3.36. The van der Waals surface area contributed by atoms with Crippen LogP contribution in [-0.4, -0.2) is 43.9 Å². The van der Waals surface area contributed by atoms with Gasteiger partial charge in [-0.3, -0.25) is 4.79 Å². The lowest BCUT2D eigenvalue weighted by molar-refractivity contribution is -0.122.